The van der Waals surface area contributed by atoms with Gasteiger partial charge in [0.1, 0.15) is 6.61 Å². The van der Waals surface area contributed by atoms with Crippen molar-refractivity contribution in [3.05, 3.63) is 23.4 Å². The lowest BCUT2D eigenvalue weighted by molar-refractivity contribution is -0.140. The van der Waals surface area contributed by atoms with Crippen LogP contribution in [0.2, 0.25) is 0 Å². The molecule has 0 saturated heterocycles. The number of ether oxygens (including phenoxy) is 2. The van der Waals surface area contributed by atoms with Gasteiger partial charge in [0.05, 0.1) is 23.9 Å². The van der Waals surface area contributed by atoms with Crippen molar-refractivity contribution < 1.29 is 23.9 Å². The fourth-order valence-electron chi connectivity index (χ4n) is 1.90. The van der Waals surface area contributed by atoms with E-state index >= 15 is 0 Å². The molecule has 2 amide bonds. The minimum Gasteiger partial charge on any atom is -0.463 e. The lowest BCUT2D eigenvalue weighted by Crippen LogP contribution is -2.51. The average molecular weight is 296 g/mol. The molecule has 0 aromatic rings. The summed E-state index contributed by atoms with van der Waals surface area (Å²) in [6, 6.07) is -0.903. The highest BCUT2D eigenvalue weighted by atomic mass is 16.5. The molecule has 0 saturated carbocycles. The van der Waals surface area contributed by atoms with E-state index in [1.807, 2.05) is 6.92 Å². The molecule has 1 aliphatic rings. The highest BCUT2D eigenvalue weighted by Gasteiger charge is 2.31. The number of amides is 2. The summed E-state index contributed by atoms with van der Waals surface area (Å²) in [4.78, 5) is 34.9. The minimum atomic E-state index is -0.547. The maximum absolute atomic E-state index is 12.0. The number of carbonyl (C=O) groups is 3. The molecule has 0 spiro atoms. The summed E-state index contributed by atoms with van der Waals surface area (Å²) < 4.78 is 9.98. The van der Waals surface area contributed by atoms with E-state index in [0.717, 1.165) is 0 Å². The van der Waals surface area contributed by atoms with Gasteiger partial charge in [0.15, 0.2) is 0 Å². The number of urea groups is 1. The molecule has 0 aromatic carbocycles. The third-order valence-corrected chi connectivity index (χ3v) is 2.81. The van der Waals surface area contributed by atoms with Gasteiger partial charge in [0.2, 0.25) is 0 Å². The minimum absolute atomic E-state index is 0.193. The Morgan fingerprint density at radius 1 is 1.29 bits per heavy atom. The summed E-state index contributed by atoms with van der Waals surface area (Å²) in [5, 5.41) is 5.13. The quantitative estimate of drug-likeness (QED) is 0.563. The summed E-state index contributed by atoms with van der Waals surface area (Å²) in [5.41, 5.74) is 0.536. The van der Waals surface area contributed by atoms with Gasteiger partial charge < -0.3 is 20.1 Å². The van der Waals surface area contributed by atoms with Gasteiger partial charge in [-0.15, -0.1) is 0 Å². The fourth-order valence-corrected chi connectivity index (χ4v) is 1.90. The molecule has 1 atom stereocenters. The second kappa shape index (κ2) is 8.08. The first-order chi connectivity index (χ1) is 10.0. The first kappa shape index (κ1) is 16.7. The molecule has 0 radical (unpaired) electrons. The average Bonchev–Trinajstić information content (AvgIpc) is 2.44. The van der Waals surface area contributed by atoms with Gasteiger partial charge in [0.25, 0.3) is 0 Å². The van der Waals surface area contributed by atoms with Crippen LogP contribution in [0.1, 0.15) is 27.2 Å². The van der Waals surface area contributed by atoms with Gasteiger partial charge in [-0.05, 0) is 20.3 Å². The van der Waals surface area contributed by atoms with Gasteiger partial charge in [-0.2, -0.15) is 0 Å². The number of carbonyl (C=O) groups excluding carboxylic acids is 3. The van der Waals surface area contributed by atoms with Crippen molar-refractivity contribution in [1.82, 2.24) is 10.6 Å². The van der Waals surface area contributed by atoms with Crippen LogP contribution in [0.4, 0.5) is 4.79 Å². The second-order valence-corrected chi connectivity index (χ2v) is 4.28. The zero-order valence-electron chi connectivity index (χ0n) is 12.4. The van der Waals surface area contributed by atoms with Crippen molar-refractivity contribution in [2.45, 2.75) is 33.2 Å². The number of allylic oxidation sites excluding steroid dienone is 1. The summed E-state index contributed by atoms with van der Waals surface area (Å²) >= 11 is 0. The van der Waals surface area contributed by atoms with Gasteiger partial charge in [-0.25, -0.2) is 14.4 Å². The largest absolute Gasteiger partial charge is 0.463 e. The van der Waals surface area contributed by atoms with Crippen LogP contribution in [-0.2, 0) is 19.1 Å². The standard InChI is InChI=1S/C14H20N2O5/c1-4-7-11(17)21-8-10-12(13(18)20-6-3)9(5-2)15-14(19)16-10/h4,7,9H,5-6,8H2,1-3H3,(H2,15,16,19)/b7-4+/t9-/m0/s1. The first-order valence-electron chi connectivity index (χ1n) is 6.80. The van der Waals surface area contributed by atoms with Crippen molar-refractivity contribution in [1.29, 1.82) is 0 Å². The van der Waals surface area contributed by atoms with Crippen LogP contribution in [-0.4, -0.2) is 37.2 Å². The molecular weight excluding hydrogens is 276 g/mol. The van der Waals surface area contributed by atoms with Crippen molar-refractivity contribution >= 4 is 18.0 Å². The molecule has 0 bridgehead atoms. The maximum atomic E-state index is 12.0. The SMILES string of the molecule is C/C=C/C(=O)OCC1=C(C(=O)OCC)[C@H](CC)NC(=O)N1. The van der Waals surface area contributed by atoms with Gasteiger partial charge in [-0.3, -0.25) is 0 Å². The molecular formula is C14H20N2O5. The van der Waals surface area contributed by atoms with Crippen LogP contribution in [0.25, 0.3) is 0 Å². The summed E-state index contributed by atoms with van der Waals surface area (Å²) in [7, 11) is 0. The highest BCUT2D eigenvalue weighted by molar-refractivity contribution is 5.95. The topological polar surface area (TPSA) is 93.7 Å². The Bertz CT molecular complexity index is 482. The number of nitrogens with one attached hydrogen (secondary N) is 2. The lowest BCUT2D eigenvalue weighted by atomic mass is 10.0. The van der Waals surface area contributed by atoms with Crippen molar-refractivity contribution in [3.63, 3.8) is 0 Å². The Hall–Kier alpha value is -2.31. The Kier molecular flexibility index (Phi) is 6.45. The van der Waals surface area contributed by atoms with Gasteiger partial charge in [0, 0.05) is 6.08 Å². The third-order valence-electron chi connectivity index (χ3n) is 2.81. The molecule has 7 heteroatoms. The highest BCUT2D eigenvalue weighted by Crippen LogP contribution is 2.17. The third kappa shape index (κ3) is 4.62. The molecule has 1 heterocycles. The van der Waals surface area contributed by atoms with E-state index in [2.05, 4.69) is 10.6 Å². The van der Waals surface area contributed by atoms with Crippen molar-refractivity contribution in [2.75, 3.05) is 13.2 Å². The molecule has 7 nitrogen and oxygen atoms in total. The Morgan fingerprint density at radius 2 is 2.00 bits per heavy atom. The van der Waals surface area contributed by atoms with Gasteiger partial charge in [-0.1, -0.05) is 13.0 Å². The molecule has 0 aromatic heterocycles. The summed E-state index contributed by atoms with van der Waals surface area (Å²) in [6.45, 7) is 5.24. The molecule has 1 rings (SSSR count). The maximum Gasteiger partial charge on any atom is 0.338 e. The predicted molar refractivity (Wildman–Crippen MR) is 75.2 cm³/mol. The molecule has 2 N–H and O–H groups in total. The first-order valence-corrected chi connectivity index (χ1v) is 6.80. The van der Waals surface area contributed by atoms with E-state index in [-0.39, 0.29) is 24.5 Å². The van der Waals surface area contributed by atoms with Crippen molar-refractivity contribution in [3.8, 4) is 0 Å². The predicted octanol–water partition coefficient (Wildman–Crippen LogP) is 1.01. The van der Waals surface area contributed by atoms with Crippen LogP contribution in [0.3, 0.4) is 0 Å². The number of hydrogen-bond acceptors (Lipinski definition) is 5. The number of esters is 2. The number of rotatable bonds is 6. The summed E-state index contributed by atoms with van der Waals surface area (Å²) in [5.74, 6) is -1.08. The molecule has 116 valence electrons. The molecule has 21 heavy (non-hydrogen) atoms. The fraction of sp³-hybridized carbons (Fsp3) is 0.500. The zero-order chi connectivity index (χ0) is 15.8. The van der Waals surface area contributed by atoms with E-state index in [9.17, 15) is 14.4 Å². The monoisotopic (exact) mass is 296 g/mol. The smallest absolute Gasteiger partial charge is 0.338 e. The number of hydrogen-bond donors (Lipinski definition) is 2. The molecule has 1 aliphatic heterocycles. The van der Waals surface area contributed by atoms with E-state index < -0.39 is 24.0 Å². The zero-order valence-corrected chi connectivity index (χ0v) is 12.4. The molecule has 0 aliphatic carbocycles. The van der Waals surface area contributed by atoms with Crippen LogP contribution < -0.4 is 10.6 Å². The van der Waals surface area contributed by atoms with E-state index in [4.69, 9.17) is 9.47 Å². The van der Waals surface area contributed by atoms with E-state index in [1.54, 1.807) is 19.9 Å². The van der Waals surface area contributed by atoms with E-state index in [1.165, 1.54) is 6.08 Å². The van der Waals surface area contributed by atoms with Gasteiger partial charge >= 0.3 is 18.0 Å². The normalized spacial score (nSPS) is 18.2. The second-order valence-electron chi connectivity index (χ2n) is 4.28. The van der Waals surface area contributed by atoms with Crippen LogP contribution >= 0.6 is 0 Å². The Balaban J connectivity index is 2.99. The van der Waals surface area contributed by atoms with Crippen molar-refractivity contribution in [2.24, 2.45) is 0 Å². The Morgan fingerprint density at radius 3 is 2.57 bits per heavy atom. The molecule has 0 unspecified atom stereocenters. The molecule has 0 fully saturated rings. The van der Waals surface area contributed by atoms with E-state index in [0.29, 0.717) is 6.42 Å². The Labute approximate surface area is 123 Å². The van der Waals surface area contributed by atoms with Crippen LogP contribution in [0.15, 0.2) is 23.4 Å². The van der Waals surface area contributed by atoms with Crippen LogP contribution in [0, 0.1) is 0 Å². The van der Waals surface area contributed by atoms with Crippen LogP contribution in [0.5, 0.6) is 0 Å². The lowest BCUT2D eigenvalue weighted by Gasteiger charge is -2.28. The summed E-state index contributed by atoms with van der Waals surface area (Å²) in [6.07, 6.45) is 3.32.